The molecule has 0 aliphatic carbocycles. The first-order valence-corrected chi connectivity index (χ1v) is 8.02. The number of nitrogens with one attached hydrogen (secondary N) is 2. The molecule has 0 atom stereocenters. The van der Waals surface area contributed by atoms with Gasteiger partial charge in [0, 0.05) is 12.3 Å². The molecule has 0 aromatic heterocycles. The molecule has 0 aliphatic rings. The average Bonchev–Trinajstić information content (AvgIpc) is 2.39. The summed E-state index contributed by atoms with van der Waals surface area (Å²) in [5.41, 5.74) is -0.364. The van der Waals surface area contributed by atoms with Gasteiger partial charge in [0.2, 0.25) is 5.91 Å². The molecule has 0 saturated carbocycles. The summed E-state index contributed by atoms with van der Waals surface area (Å²) < 4.78 is 18.4. The van der Waals surface area contributed by atoms with Crippen molar-refractivity contribution in [1.29, 1.82) is 0 Å². The van der Waals surface area contributed by atoms with Crippen LogP contribution in [0.1, 0.15) is 20.8 Å². The lowest BCUT2D eigenvalue weighted by molar-refractivity contribution is -0.113. The number of halogens is 1. The van der Waals surface area contributed by atoms with Gasteiger partial charge in [-0.3, -0.25) is 4.79 Å². The van der Waals surface area contributed by atoms with Crippen molar-refractivity contribution in [2.45, 2.75) is 26.4 Å². The lowest BCUT2D eigenvalue weighted by atomic mass is 10.2. The highest BCUT2D eigenvalue weighted by atomic mass is 32.2. The van der Waals surface area contributed by atoms with Crippen molar-refractivity contribution in [3.63, 3.8) is 0 Å². The number of alkyl carbamates (subject to hydrolysis) is 1. The molecule has 1 aromatic carbocycles. The summed E-state index contributed by atoms with van der Waals surface area (Å²) in [6, 6.07) is 5.99. The largest absolute Gasteiger partial charge is 0.444 e. The molecule has 2 N–H and O–H groups in total. The number of rotatable bonds is 6. The smallest absolute Gasteiger partial charge is 0.407 e. The summed E-state index contributed by atoms with van der Waals surface area (Å²) in [6.07, 6.45) is -0.482. The average molecular weight is 328 g/mol. The van der Waals surface area contributed by atoms with E-state index in [4.69, 9.17) is 4.74 Å². The van der Waals surface area contributed by atoms with Gasteiger partial charge in [0.05, 0.1) is 11.4 Å². The van der Waals surface area contributed by atoms with Gasteiger partial charge in [-0.2, -0.15) is 11.8 Å². The zero-order valence-corrected chi connectivity index (χ0v) is 13.8. The van der Waals surface area contributed by atoms with E-state index in [0.717, 1.165) is 0 Å². The third kappa shape index (κ3) is 7.87. The highest BCUT2D eigenvalue weighted by Gasteiger charge is 2.15. The topological polar surface area (TPSA) is 67.4 Å². The maximum Gasteiger partial charge on any atom is 0.407 e. The quantitative estimate of drug-likeness (QED) is 0.788. The van der Waals surface area contributed by atoms with Crippen molar-refractivity contribution < 1.29 is 18.7 Å². The Morgan fingerprint density at radius 2 is 1.95 bits per heavy atom. The van der Waals surface area contributed by atoms with Crippen LogP contribution in [-0.2, 0) is 9.53 Å². The van der Waals surface area contributed by atoms with E-state index in [1.165, 1.54) is 23.9 Å². The molecule has 0 fully saturated rings. The fourth-order valence-electron chi connectivity index (χ4n) is 1.45. The van der Waals surface area contributed by atoms with Crippen LogP contribution in [0.2, 0.25) is 0 Å². The van der Waals surface area contributed by atoms with Crippen LogP contribution in [0.25, 0.3) is 0 Å². The predicted molar refractivity (Wildman–Crippen MR) is 86.6 cm³/mol. The number of thioether (sulfide) groups is 1. The molecule has 0 heterocycles. The standard InChI is InChI=1S/C15H21FN2O3S/c1-15(2,3)21-14(20)17-8-9-22-10-13(19)18-12-7-5-4-6-11(12)16/h4-7H,8-10H2,1-3H3,(H,17,20)(H,18,19). The molecule has 0 bridgehead atoms. The number of carbonyl (C=O) groups is 2. The van der Waals surface area contributed by atoms with Crippen LogP contribution in [0.3, 0.4) is 0 Å². The van der Waals surface area contributed by atoms with Gasteiger partial charge in [-0.1, -0.05) is 12.1 Å². The van der Waals surface area contributed by atoms with E-state index in [2.05, 4.69) is 10.6 Å². The Morgan fingerprint density at radius 1 is 1.27 bits per heavy atom. The van der Waals surface area contributed by atoms with Gasteiger partial charge in [0.1, 0.15) is 11.4 Å². The van der Waals surface area contributed by atoms with Crippen molar-refractivity contribution in [1.82, 2.24) is 5.32 Å². The van der Waals surface area contributed by atoms with E-state index in [1.807, 2.05) is 0 Å². The Labute approximate surface area is 134 Å². The Hall–Kier alpha value is -1.76. The Morgan fingerprint density at radius 3 is 2.59 bits per heavy atom. The number of benzene rings is 1. The second kappa shape index (κ2) is 8.63. The number of amides is 2. The fraction of sp³-hybridized carbons (Fsp3) is 0.467. The zero-order valence-electron chi connectivity index (χ0n) is 12.9. The summed E-state index contributed by atoms with van der Waals surface area (Å²) >= 11 is 1.34. The minimum Gasteiger partial charge on any atom is -0.444 e. The summed E-state index contributed by atoms with van der Waals surface area (Å²) in [5, 5.41) is 5.09. The van der Waals surface area contributed by atoms with Gasteiger partial charge in [0.25, 0.3) is 0 Å². The molecule has 7 heteroatoms. The predicted octanol–water partition coefficient (Wildman–Crippen LogP) is 3.02. The molecule has 0 radical (unpaired) electrons. The van der Waals surface area contributed by atoms with Crippen molar-refractivity contribution in [3.8, 4) is 0 Å². The van der Waals surface area contributed by atoms with Crippen molar-refractivity contribution >= 4 is 29.4 Å². The first kappa shape index (κ1) is 18.3. The Balaban J connectivity index is 2.16. The summed E-state index contributed by atoms with van der Waals surface area (Å²) in [4.78, 5) is 23.0. The lowest BCUT2D eigenvalue weighted by Gasteiger charge is -2.19. The van der Waals surface area contributed by atoms with Gasteiger partial charge >= 0.3 is 6.09 Å². The van der Waals surface area contributed by atoms with E-state index in [1.54, 1.807) is 32.9 Å². The molecule has 0 spiro atoms. The van der Waals surface area contributed by atoms with E-state index in [-0.39, 0.29) is 17.3 Å². The van der Waals surface area contributed by atoms with Crippen molar-refractivity contribution in [2.75, 3.05) is 23.4 Å². The zero-order chi connectivity index (χ0) is 16.6. The van der Waals surface area contributed by atoms with Gasteiger partial charge in [0.15, 0.2) is 0 Å². The molecule has 5 nitrogen and oxygen atoms in total. The van der Waals surface area contributed by atoms with Gasteiger partial charge < -0.3 is 15.4 Å². The second-order valence-electron chi connectivity index (χ2n) is 5.51. The molecule has 0 unspecified atom stereocenters. The van der Waals surface area contributed by atoms with Gasteiger partial charge in [-0.25, -0.2) is 9.18 Å². The van der Waals surface area contributed by atoms with E-state index < -0.39 is 17.5 Å². The molecule has 0 aliphatic heterocycles. The van der Waals surface area contributed by atoms with Crippen LogP contribution >= 0.6 is 11.8 Å². The maximum atomic E-state index is 13.3. The second-order valence-corrected chi connectivity index (χ2v) is 6.61. The van der Waals surface area contributed by atoms with Crippen LogP contribution < -0.4 is 10.6 Å². The van der Waals surface area contributed by atoms with E-state index >= 15 is 0 Å². The number of ether oxygens (including phenoxy) is 1. The third-order valence-corrected chi connectivity index (χ3v) is 3.25. The third-order valence-electron chi connectivity index (χ3n) is 2.30. The molecule has 1 rings (SSSR count). The summed E-state index contributed by atoms with van der Waals surface area (Å²) in [5.74, 6) is -0.00586. The molecule has 22 heavy (non-hydrogen) atoms. The number of anilines is 1. The number of hydrogen-bond acceptors (Lipinski definition) is 4. The highest BCUT2D eigenvalue weighted by Crippen LogP contribution is 2.13. The number of para-hydroxylation sites is 1. The molecular weight excluding hydrogens is 307 g/mol. The normalized spacial score (nSPS) is 10.9. The van der Waals surface area contributed by atoms with Crippen LogP contribution in [0.5, 0.6) is 0 Å². The van der Waals surface area contributed by atoms with Crippen LogP contribution in [0.4, 0.5) is 14.9 Å². The minimum atomic E-state index is -0.531. The van der Waals surface area contributed by atoms with E-state index in [0.29, 0.717) is 12.3 Å². The molecule has 0 saturated heterocycles. The number of carbonyl (C=O) groups excluding carboxylic acids is 2. The SMILES string of the molecule is CC(C)(C)OC(=O)NCCSCC(=O)Nc1ccccc1F. The van der Waals surface area contributed by atoms with Gasteiger partial charge in [-0.15, -0.1) is 0 Å². The van der Waals surface area contributed by atoms with Gasteiger partial charge in [-0.05, 0) is 32.9 Å². The van der Waals surface area contributed by atoms with E-state index in [9.17, 15) is 14.0 Å². The van der Waals surface area contributed by atoms with Crippen molar-refractivity contribution in [2.24, 2.45) is 0 Å². The first-order chi connectivity index (χ1) is 10.3. The highest BCUT2D eigenvalue weighted by molar-refractivity contribution is 7.99. The van der Waals surface area contributed by atoms with Crippen LogP contribution in [0.15, 0.2) is 24.3 Å². The fourth-order valence-corrected chi connectivity index (χ4v) is 2.10. The van der Waals surface area contributed by atoms with Crippen molar-refractivity contribution in [3.05, 3.63) is 30.1 Å². The molecule has 1 aromatic rings. The van der Waals surface area contributed by atoms with Crippen LogP contribution in [-0.4, -0.2) is 35.7 Å². The number of hydrogen-bond donors (Lipinski definition) is 2. The Kier molecular flexibility index (Phi) is 7.17. The lowest BCUT2D eigenvalue weighted by Crippen LogP contribution is -2.33. The van der Waals surface area contributed by atoms with Crippen LogP contribution in [0, 0.1) is 5.82 Å². The monoisotopic (exact) mass is 328 g/mol. The molecule has 122 valence electrons. The first-order valence-electron chi connectivity index (χ1n) is 6.87. The summed E-state index contributed by atoms with van der Waals surface area (Å²) in [7, 11) is 0. The summed E-state index contributed by atoms with van der Waals surface area (Å²) in [6.45, 7) is 5.75. The minimum absolute atomic E-state index is 0.167. The molecule has 2 amide bonds. The molecular formula is C15H21FN2O3S. The Bertz CT molecular complexity index is 518. The maximum absolute atomic E-state index is 13.3.